The van der Waals surface area contributed by atoms with Gasteiger partial charge >= 0.3 is 5.97 Å². The Hall–Kier alpha value is -2.64. The third-order valence-corrected chi connectivity index (χ3v) is 4.38. The Balaban J connectivity index is 2.25. The summed E-state index contributed by atoms with van der Waals surface area (Å²) < 4.78 is 0. The van der Waals surface area contributed by atoms with Crippen molar-refractivity contribution in [2.24, 2.45) is 5.92 Å². The molecule has 23 heavy (non-hydrogen) atoms. The van der Waals surface area contributed by atoms with E-state index in [-0.39, 0.29) is 16.9 Å². The van der Waals surface area contributed by atoms with Crippen molar-refractivity contribution in [3.63, 3.8) is 0 Å². The highest BCUT2D eigenvalue weighted by molar-refractivity contribution is 5.99. The number of rotatable bonds is 4. The van der Waals surface area contributed by atoms with Gasteiger partial charge in [-0.1, -0.05) is 6.92 Å². The highest BCUT2D eigenvalue weighted by Gasteiger charge is 2.42. The number of hydrogen-bond donors (Lipinski definition) is 3. The SMILES string of the molecule is CC1CCC(NC(=O)c2ccc(N)c([N+](=O)[O-])c2)(C(=O)O)CC1. The van der Waals surface area contributed by atoms with Gasteiger partial charge < -0.3 is 16.2 Å². The zero-order valence-electron chi connectivity index (χ0n) is 12.7. The van der Waals surface area contributed by atoms with Crippen LogP contribution in [0.5, 0.6) is 0 Å². The molecule has 0 saturated heterocycles. The number of amides is 1. The van der Waals surface area contributed by atoms with Gasteiger partial charge in [0.1, 0.15) is 11.2 Å². The molecule has 8 heteroatoms. The topological polar surface area (TPSA) is 136 Å². The molecule has 0 aromatic heterocycles. The number of carbonyl (C=O) groups is 2. The quantitative estimate of drug-likeness (QED) is 0.440. The molecule has 8 nitrogen and oxygen atoms in total. The van der Waals surface area contributed by atoms with Crippen LogP contribution in [-0.2, 0) is 4.79 Å². The molecule has 0 heterocycles. The summed E-state index contributed by atoms with van der Waals surface area (Å²) in [5.74, 6) is -1.32. The highest BCUT2D eigenvalue weighted by atomic mass is 16.6. The minimum Gasteiger partial charge on any atom is -0.480 e. The first-order valence-corrected chi connectivity index (χ1v) is 7.35. The number of nitrogen functional groups attached to an aromatic ring is 1. The Morgan fingerprint density at radius 2 is 2.00 bits per heavy atom. The first-order valence-electron chi connectivity index (χ1n) is 7.35. The fourth-order valence-corrected chi connectivity index (χ4v) is 2.78. The smallest absolute Gasteiger partial charge is 0.329 e. The molecule has 1 aromatic rings. The molecule has 1 aliphatic carbocycles. The number of carboxylic acids is 1. The van der Waals surface area contributed by atoms with Gasteiger partial charge in [-0.2, -0.15) is 0 Å². The second-order valence-corrected chi connectivity index (χ2v) is 6.05. The molecule has 124 valence electrons. The lowest BCUT2D eigenvalue weighted by atomic mass is 9.77. The van der Waals surface area contributed by atoms with Crippen LogP contribution in [0.1, 0.15) is 43.0 Å². The molecule has 2 rings (SSSR count). The first-order chi connectivity index (χ1) is 10.7. The van der Waals surface area contributed by atoms with Crippen molar-refractivity contribution in [1.29, 1.82) is 0 Å². The monoisotopic (exact) mass is 321 g/mol. The number of aliphatic carboxylic acids is 1. The van der Waals surface area contributed by atoms with Crippen molar-refractivity contribution in [1.82, 2.24) is 5.32 Å². The number of carbonyl (C=O) groups excluding carboxylic acids is 1. The second kappa shape index (κ2) is 6.23. The zero-order chi connectivity index (χ0) is 17.2. The van der Waals surface area contributed by atoms with E-state index in [2.05, 4.69) is 5.32 Å². The molecule has 4 N–H and O–H groups in total. The molecule has 1 fully saturated rings. The van der Waals surface area contributed by atoms with Gasteiger partial charge in [-0.05, 0) is 43.7 Å². The largest absolute Gasteiger partial charge is 0.480 e. The van der Waals surface area contributed by atoms with Crippen molar-refractivity contribution >= 4 is 23.3 Å². The minimum atomic E-state index is -1.32. The standard InChI is InChI=1S/C15H19N3O5/c1-9-4-6-15(7-5-9,14(20)21)17-13(19)10-2-3-11(16)12(8-10)18(22)23/h2-3,8-9H,4-7,16H2,1H3,(H,17,19)(H,20,21). The molecule has 0 aliphatic heterocycles. The average molecular weight is 321 g/mol. The van der Waals surface area contributed by atoms with Crippen LogP contribution in [-0.4, -0.2) is 27.4 Å². The molecular weight excluding hydrogens is 302 g/mol. The van der Waals surface area contributed by atoms with Gasteiger partial charge in [0.05, 0.1) is 4.92 Å². The fourth-order valence-electron chi connectivity index (χ4n) is 2.78. The van der Waals surface area contributed by atoms with Gasteiger partial charge in [-0.25, -0.2) is 4.79 Å². The molecule has 1 aromatic carbocycles. The Morgan fingerprint density at radius 3 is 2.52 bits per heavy atom. The molecule has 0 radical (unpaired) electrons. The average Bonchev–Trinajstić information content (AvgIpc) is 2.49. The summed E-state index contributed by atoms with van der Waals surface area (Å²) in [5.41, 5.74) is 3.77. The molecule has 1 aliphatic rings. The predicted molar refractivity (Wildman–Crippen MR) is 83.0 cm³/mol. The summed E-state index contributed by atoms with van der Waals surface area (Å²) in [6, 6.07) is 3.67. The van der Waals surface area contributed by atoms with Gasteiger partial charge in [0, 0.05) is 11.6 Å². The van der Waals surface area contributed by atoms with Gasteiger partial charge in [0.2, 0.25) is 0 Å². The van der Waals surface area contributed by atoms with Gasteiger partial charge in [-0.15, -0.1) is 0 Å². The van der Waals surface area contributed by atoms with E-state index in [1.807, 2.05) is 6.92 Å². The first kappa shape index (κ1) is 16.7. The van der Waals surface area contributed by atoms with Crippen molar-refractivity contribution in [2.75, 3.05) is 5.73 Å². The molecule has 0 unspecified atom stereocenters. The van der Waals surface area contributed by atoms with Crippen molar-refractivity contribution in [3.8, 4) is 0 Å². The van der Waals surface area contributed by atoms with E-state index < -0.39 is 22.3 Å². The number of nitrogens with zero attached hydrogens (tertiary/aromatic N) is 1. The van der Waals surface area contributed by atoms with E-state index in [1.165, 1.54) is 12.1 Å². The lowest BCUT2D eigenvalue weighted by Crippen LogP contribution is -2.56. The minimum absolute atomic E-state index is 0.0187. The molecule has 1 amide bonds. The van der Waals surface area contributed by atoms with Crippen LogP contribution in [0.4, 0.5) is 11.4 Å². The second-order valence-electron chi connectivity index (χ2n) is 6.05. The number of hydrogen-bond acceptors (Lipinski definition) is 5. The summed E-state index contributed by atoms with van der Waals surface area (Å²) in [6.07, 6.45) is 2.08. The number of anilines is 1. The third-order valence-electron chi connectivity index (χ3n) is 4.38. The Kier molecular flexibility index (Phi) is 4.53. The molecular formula is C15H19N3O5. The number of nitrogens with one attached hydrogen (secondary N) is 1. The van der Waals surface area contributed by atoms with Gasteiger partial charge in [0.15, 0.2) is 0 Å². The fraction of sp³-hybridized carbons (Fsp3) is 0.467. The molecule has 1 saturated carbocycles. The van der Waals surface area contributed by atoms with E-state index in [0.717, 1.165) is 6.07 Å². The molecule has 0 spiro atoms. The summed E-state index contributed by atoms with van der Waals surface area (Å²) in [6.45, 7) is 2.04. The maximum atomic E-state index is 12.4. The predicted octanol–water partition coefficient (Wildman–Crippen LogP) is 1.94. The Morgan fingerprint density at radius 1 is 1.39 bits per heavy atom. The lowest BCUT2D eigenvalue weighted by molar-refractivity contribution is -0.383. The van der Waals surface area contributed by atoms with Crippen molar-refractivity contribution < 1.29 is 19.6 Å². The van der Waals surface area contributed by atoms with Crippen LogP contribution in [0.25, 0.3) is 0 Å². The molecule has 0 bridgehead atoms. The van der Waals surface area contributed by atoms with Crippen molar-refractivity contribution in [3.05, 3.63) is 33.9 Å². The van der Waals surface area contributed by atoms with Crippen LogP contribution in [0.15, 0.2) is 18.2 Å². The van der Waals surface area contributed by atoms with Crippen LogP contribution < -0.4 is 11.1 Å². The van der Waals surface area contributed by atoms with Gasteiger partial charge in [0.25, 0.3) is 11.6 Å². The van der Waals surface area contributed by atoms with Crippen LogP contribution in [0.2, 0.25) is 0 Å². The number of nitrogens with two attached hydrogens (primary N) is 1. The highest BCUT2D eigenvalue weighted by Crippen LogP contribution is 2.32. The maximum absolute atomic E-state index is 12.4. The summed E-state index contributed by atoms with van der Waals surface area (Å²) in [7, 11) is 0. The van der Waals surface area contributed by atoms with E-state index >= 15 is 0 Å². The zero-order valence-corrected chi connectivity index (χ0v) is 12.7. The van der Waals surface area contributed by atoms with Crippen LogP contribution >= 0.6 is 0 Å². The third kappa shape index (κ3) is 3.41. The Bertz CT molecular complexity index is 651. The van der Waals surface area contributed by atoms with Crippen molar-refractivity contribution in [2.45, 2.75) is 38.1 Å². The van der Waals surface area contributed by atoms with Crippen LogP contribution in [0.3, 0.4) is 0 Å². The Labute approximate surface area is 132 Å². The number of nitro benzene ring substituents is 1. The lowest BCUT2D eigenvalue weighted by Gasteiger charge is -2.36. The number of nitro groups is 1. The summed E-state index contributed by atoms with van der Waals surface area (Å²) in [5, 5.41) is 23.0. The molecule has 0 atom stereocenters. The maximum Gasteiger partial charge on any atom is 0.329 e. The number of benzene rings is 1. The van der Waals surface area contributed by atoms with E-state index in [0.29, 0.717) is 31.6 Å². The number of carboxylic acid groups (broad SMARTS) is 1. The van der Waals surface area contributed by atoms with Crippen LogP contribution in [0, 0.1) is 16.0 Å². The normalized spacial score (nSPS) is 24.0. The van der Waals surface area contributed by atoms with Gasteiger partial charge in [-0.3, -0.25) is 14.9 Å². The summed E-state index contributed by atoms with van der Waals surface area (Å²) in [4.78, 5) is 34.2. The van der Waals surface area contributed by atoms with E-state index in [9.17, 15) is 24.8 Å². The van der Waals surface area contributed by atoms with E-state index in [1.54, 1.807) is 0 Å². The van der Waals surface area contributed by atoms with E-state index in [4.69, 9.17) is 5.73 Å². The summed E-state index contributed by atoms with van der Waals surface area (Å²) >= 11 is 0.